The second-order valence-corrected chi connectivity index (χ2v) is 2.38. The lowest BCUT2D eigenvalue weighted by Crippen LogP contribution is -1.70. The van der Waals surface area contributed by atoms with Gasteiger partial charge in [0.15, 0.2) is 0 Å². The van der Waals surface area contributed by atoms with Gasteiger partial charge < -0.3 is 0 Å². The average Bonchev–Trinajstić information content (AvgIpc) is 1.97. The molecule has 1 heteroatoms. The number of hydrogen-bond acceptors (Lipinski definition) is 1. The molecular formula is C10H13N. The number of nitrogens with zero attached hydrogens (tertiary/aromatic N) is 1. The molecule has 0 spiro atoms. The molecule has 0 saturated heterocycles. The minimum absolute atomic E-state index is 1.33. The zero-order valence-corrected chi connectivity index (χ0v) is 7.26. The zero-order valence-electron chi connectivity index (χ0n) is 7.26. The molecule has 0 radical (unpaired) electrons. The molecule has 11 heavy (non-hydrogen) atoms. The maximum atomic E-state index is 7.32. The standard InChI is InChI=1S/C8H10.C2H3N/c1-7-3-5-8(2)6-4-7;1-2-3/h3-6H,1-2H3;1H3. The van der Waals surface area contributed by atoms with Gasteiger partial charge >= 0.3 is 0 Å². The number of aryl methyl sites for hydroxylation is 2. The van der Waals surface area contributed by atoms with E-state index in [2.05, 4.69) is 38.1 Å². The van der Waals surface area contributed by atoms with Crippen LogP contribution in [0.25, 0.3) is 0 Å². The highest BCUT2D eigenvalue weighted by atomic mass is 14.2. The molecule has 0 amide bonds. The van der Waals surface area contributed by atoms with Gasteiger partial charge in [0, 0.05) is 6.92 Å². The Kier molecular flexibility index (Phi) is 4.85. The Morgan fingerprint density at radius 2 is 1.18 bits per heavy atom. The Bertz CT molecular complexity index is 207. The number of benzene rings is 1. The largest absolute Gasteiger partial charge is 0.199 e. The lowest BCUT2D eigenvalue weighted by molar-refractivity contribution is 1.40. The van der Waals surface area contributed by atoms with Crippen molar-refractivity contribution in [2.45, 2.75) is 20.8 Å². The molecule has 0 aromatic heterocycles. The molecule has 0 bridgehead atoms. The average molecular weight is 147 g/mol. The Labute approximate surface area is 68.3 Å². The highest BCUT2D eigenvalue weighted by Crippen LogP contribution is 1.99. The van der Waals surface area contributed by atoms with Crippen molar-refractivity contribution in [2.75, 3.05) is 0 Å². The van der Waals surface area contributed by atoms with Crippen molar-refractivity contribution < 1.29 is 0 Å². The van der Waals surface area contributed by atoms with Crippen LogP contribution in [0.15, 0.2) is 24.3 Å². The third-order valence-corrected chi connectivity index (χ3v) is 1.22. The molecule has 0 saturated carbocycles. The third-order valence-electron chi connectivity index (χ3n) is 1.22. The SMILES string of the molecule is CC#N.Cc1ccc(C)cc1. The van der Waals surface area contributed by atoms with Crippen LogP contribution in [-0.2, 0) is 0 Å². The van der Waals surface area contributed by atoms with Gasteiger partial charge in [-0.25, -0.2) is 0 Å². The van der Waals surface area contributed by atoms with Crippen LogP contribution in [0.2, 0.25) is 0 Å². The Morgan fingerprint density at radius 3 is 1.36 bits per heavy atom. The first-order chi connectivity index (χ1) is 5.20. The fourth-order valence-corrected chi connectivity index (χ4v) is 0.637. The van der Waals surface area contributed by atoms with Gasteiger partial charge in [0.25, 0.3) is 0 Å². The van der Waals surface area contributed by atoms with E-state index in [1.165, 1.54) is 18.1 Å². The van der Waals surface area contributed by atoms with E-state index in [1.807, 2.05) is 0 Å². The summed E-state index contributed by atoms with van der Waals surface area (Å²) in [5.41, 5.74) is 2.66. The van der Waals surface area contributed by atoms with Crippen LogP contribution in [0.3, 0.4) is 0 Å². The Hall–Kier alpha value is -1.29. The monoisotopic (exact) mass is 147 g/mol. The van der Waals surface area contributed by atoms with Crippen LogP contribution >= 0.6 is 0 Å². The summed E-state index contributed by atoms with van der Waals surface area (Å²) in [7, 11) is 0. The van der Waals surface area contributed by atoms with E-state index in [0.717, 1.165) is 0 Å². The normalized spacial score (nSPS) is 7.45. The quantitative estimate of drug-likeness (QED) is 0.553. The van der Waals surface area contributed by atoms with Crippen molar-refractivity contribution in [1.29, 1.82) is 5.26 Å². The smallest absolute Gasteiger partial charge is 0.0587 e. The van der Waals surface area contributed by atoms with E-state index < -0.39 is 0 Å². The van der Waals surface area contributed by atoms with E-state index in [1.54, 1.807) is 6.07 Å². The topological polar surface area (TPSA) is 23.8 Å². The van der Waals surface area contributed by atoms with Crippen LogP contribution in [-0.4, -0.2) is 0 Å². The highest BCUT2D eigenvalue weighted by Gasteiger charge is 1.79. The van der Waals surface area contributed by atoms with Gasteiger partial charge in [-0.05, 0) is 13.8 Å². The van der Waals surface area contributed by atoms with E-state index in [9.17, 15) is 0 Å². The van der Waals surface area contributed by atoms with Crippen molar-refractivity contribution in [1.82, 2.24) is 0 Å². The molecule has 0 atom stereocenters. The molecule has 1 aromatic carbocycles. The van der Waals surface area contributed by atoms with Gasteiger partial charge in [0.2, 0.25) is 0 Å². The van der Waals surface area contributed by atoms with Crippen LogP contribution in [0.1, 0.15) is 18.1 Å². The van der Waals surface area contributed by atoms with E-state index >= 15 is 0 Å². The lowest BCUT2D eigenvalue weighted by Gasteiger charge is -1.90. The number of nitriles is 1. The highest BCUT2D eigenvalue weighted by molar-refractivity contribution is 5.19. The molecule has 0 aliphatic carbocycles. The van der Waals surface area contributed by atoms with Gasteiger partial charge in [-0.1, -0.05) is 35.4 Å². The van der Waals surface area contributed by atoms with Gasteiger partial charge in [-0.3, -0.25) is 0 Å². The van der Waals surface area contributed by atoms with Crippen molar-refractivity contribution in [3.8, 4) is 6.07 Å². The minimum atomic E-state index is 1.33. The van der Waals surface area contributed by atoms with Gasteiger partial charge in [-0.15, -0.1) is 0 Å². The van der Waals surface area contributed by atoms with Crippen LogP contribution < -0.4 is 0 Å². The maximum Gasteiger partial charge on any atom is 0.0587 e. The van der Waals surface area contributed by atoms with Crippen molar-refractivity contribution in [2.24, 2.45) is 0 Å². The molecule has 1 rings (SSSR count). The van der Waals surface area contributed by atoms with E-state index in [0.29, 0.717) is 0 Å². The summed E-state index contributed by atoms with van der Waals surface area (Å²) in [6, 6.07) is 10.2. The van der Waals surface area contributed by atoms with Gasteiger partial charge in [0.1, 0.15) is 0 Å². The molecule has 1 aromatic rings. The predicted octanol–water partition coefficient (Wildman–Crippen LogP) is 2.83. The molecule has 58 valence electrons. The second-order valence-electron chi connectivity index (χ2n) is 2.38. The summed E-state index contributed by atoms with van der Waals surface area (Å²) in [6.07, 6.45) is 0. The third kappa shape index (κ3) is 5.17. The predicted molar refractivity (Wildman–Crippen MR) is 47.2 cm³/mol. The molecule has 0 aliphatic heterocycles. The van der Waals surface area contributed by atoms with Crippen molar-refractivity contribution in [3.05, 3.63) is 35.4 Å². The summed E-state index contributed by atoms with van der Waals surface area (Å²) in [5.74, 6) is 0. The van der Waals surface area contributed by atoms with Gasteiger partial charge in [0.05, 0.1) is 6.07 Å². The van der Waals surface area contributed by atoms with Crippen molar-refractivity contribution in [3.63, 3.8) is 0 Å². The van der Waals surface area contributed by atoms with E-state index in [-0.39, 0.29) is 0 Å². The van der Waals surface area contributed by atoms with Crippen LogP contribution in [0, 0.1) is 25.2 Å². The number of rotatable bonds is 0. The lowest BCUT2D eigenvalue weighted by atomic mass is 10.2. The fourth-order valence-electron chi connectivity index (χ4n) is 0.637. The summed E-state index contributed by atoms with van der Waals surface area (Å²) in [4.78, 5) is 0. The molecule has 0 unspecified atom stereocenters. The molecule has 0 heterocycles. The first kappa shape index (κ1) is 9.71. The molecule has 0 N–H and O–H groups in total. The van der Waals surface area contributed by atoms with Crippen molar-refractivity contribution >= 4 is 0 Å². The summed E-state index contributed by atoms with van der Waals surface area (Å²) >= 11 is 0. The fraction of sp³-hybridized carbons (Fsp3) is 0.300. The van der Waals surface area contributed by atoms with E-state index in [4.69, 9.17) is 5.26 Å². The second kappa shape index (κ2) is 5.49. The Morgan fingerprint density at radius 1 is 1.00 bits per heavy atom. The first-order valence-electron chi connectivity index (χ1n) is 3.54. The molecule has 0 fully saturated rings. The summed E-state index contributed by atoms with van der Waals surface area (Å²) < 4.78 is 0. The Balaban J connectivity index is 0.000000292. The minimum Gasteiger partial charge on any atom is -0.199 e. The molecular weight excluding hydrogens is 134 g/mol. The molecule has 1 nitrogen and oxygen atoms in total. The summed E-state index contributed by atoms with van der Waals surface area (Å²) in [6.45, 7) is 5.62. The zero-order chi connectivity index (χ0) is 8.69. The van der Waals surface area contributed by atoms with Crippen LogP contribution in [0.5, 0.6) is 0 Å². The maximum absolute atomic E-state index is 7.32. The number of hydrogen-bond donors (Lipinski definition) is 0. The summed E-state index contributed by atoms with van der Waals surface area (Å²) in [5, 5.41) is 7.32. The van der Waals surface area contributed by atoms with Gasteiger partial charge in [-0.2, -0.15) is 5.26 Å². The first-order valence-corrected chi connectivity index (χ1v) is 3.54. The van der Waals surface area contributed by atoms with Crippen LogP contribution in [0.4, 0.5) is 0 Å². The molecule has 0 aliphatic rings.